The molecule has 3 rings (SSSR count). The van der Waals surface area contributed by atoms with Crippen molar-refractivity contribution in [2.45, 2.75) is 13.8 Å². The topological polar surface area (TPSA) is 63.7 Å². The SMILES string of the molecule is CCN(CC)C(=O)Oc1cccc2c1C(=O)c1ccccc1C2=O. The van der Waals surface area contributed by atoms with Crippen molar-refractivity contribution in [2.75, 3.05) is 13.1 Å². The van der Waals surface area contributed by atoms with E-state index in [2.05, 4.69) is 0 Å². The molecule has 0 spiro atoms. The minimum atomic E-state index is -0.535. The molecule has 1 aliphatic rings. The van der Waals surface area contributed by atoms with Gasteiger partial charge in [0, 0.05) is 29.8 Å². The first-order chi connectivity index (χ1) is 11.6. The first kappa shape index (κ1) is 15.9. The highest BCUT2D eigenvalue weighted by Crippen LogP contribution is 2.33. The van der Waals surface area contributed by atoms with Crippen molar-refractivity contribution < 1.29 is 19.1 Å². The molecule has 122 valence electrons. The van der Waals surface area contributed by atoms with Gasteiger partial charge < -0.3 is 9.64 Å². The van der Waals surface area contributed by atoms with Crippen LogP contribution in [-0.2, 0) is 0 Å². The molecule has 2 aromatic rings. The molecule has 24 heavy (non-hydrogen) atoms. The van der Waals surface area contributed by atoms with Crippen LogP contribution in [0.2, 0.25) is 0 Å². The summed E-state index contributed by atoms with van der Waals surface area (Å²) >= 11 is 0. The second kappa shape index (κ2) is 6.28. The fraction of sp³-hybridized carbons (Fsp3) is 0.211. The summed E-state index contributed by atoms with van der Waals surface area (Å²) in [6.07, 6.45) is -0.535. The Morgan fingerprint density at radius 1 is 0.875 bits per heavy atom. The number of benzene rings is 2. The zero-order valence-corrected chi connectivity index (χ0v) is 13.5. The number of amides is 1. The van der Waals surface area contributed by atoms with Crippen LogP contribution < -0.4 is 4.74 Å². The molecular weight excluding hydrogens is 306 g/mol. The maximum atomic E-state index is 12.8. The number of fused-ring (bicyclic) bond motifs is 2. The molecular formula is C19H17NO4. The van der Waals surface area contributed by atoms with Crippen LogP contribution in [0.25, 0.3) is 0 Å². The molecule has 0 N–H and O–H groups in total. The predicted molar refractivity (Wildman–Crippen MR) is 88.7 cm³/mol. The second-order valence-electron chi connectivity index (χ2n) is 5.42. The van der Waals surface area contributed by atoms with Gasteiger partial charge in [-0.1, -0.05) is 36.4 Å². The van der Waals surface area contributed by atoms with E-state index >= 15 is 0 Å². The molecule has 0 atom stereocenters. The van der Waals surface area contributed by atoms with E-state index in [1.165, 1.54) is 4.90 Å². The van der Waals surface area contributed by atoms with Crippen LogP contribution >= 0.6 is 0 Å². The van der Waals surface area contributed by atoms with Crippen LogP contribution in [0, 0.1) is 0 Å². The van der Waals surface area contributed by atoms with Gasteiger partial charge in [-0.15, -0.1) is 0 Å². The number of ether oxygens (including phenoxy) is 1. The van der Waals surface area contributed by atoms with Gasteiger partial charge in [-0.05, 0) is 19.9 Å². The lowest BCUT2D eigenvalue weighted by Crippen LogP contribution is -2.33. The maximum Gasteiger partial charge on any atom is 0.415 e. The molecule has 0 bridgehead atoms. The molecule has 5 nitrogen and oxygen atoms in total. The van der Waals surface area contributed by atoms with Crippen LogP contribution in [0.3, 0.4) is 0 Å². The Bertz CT molecular complexity index is 837. The van der Waals surface area contributed by atoms with Gasteiger partial charge in [0.15, 0.2) is 11.6 Å². The van der Waals surface area contributed by atoms with E-state index in [4.69, 9.17) is 4.74 Å². The third-order valence-corrected chi connectivity index (χ3v) is 4.13. The second-order valence-corrected chi connectivity index (χ2v) is 5.42. The number of carbonyl (C=O) groups excluding carboxylic acids is 3. The number of hydrogen-bond acceptors (Lipinski definition) is 4. The van der Waals surface area contributed by atoms with E-state index < -0.39 is 6.09 Å². The molecule has 0 fully saturated rings. The summed E-state index contributed by atoms with van der Waals surface area (Å²) in [6, 6.07) is 11.4. The molecule has 0 radical (unpaired) electrons. The Morgan fingerprint density at radius 3 is 2.08 bits per heavy atom. The molecule has 0 saturated heterocycles. The van der Waals surface area contributed by atoms with E-state index in [0.29, 0.717) is 24.2 Å². The van der Waals surface area contributed by atoms with Crippen LogP contribution in [0.4, 0.5) is 4.79 Å². The largest absolute Gasteiger partial charge is 0.415 e. The number of carbonyl (C=O) groups is 3. The summed E-state index contributed by atoms with van der Waals surface area (Å²) in [5, 5.41) is 0. The highest BCUT2D eigenvalue weighted by molar-refractivity contribution is 6.29. The molecule has 0 aliphatic heterocycles. The molecule has 0 saturated carbocycles. The highest BCUT2D eigenvalue weighted by atomic mass is 16.6. The molecule has 0 aromatic heterocycles. The van der Waals surface area contributed by atoms with Crippen LogP contribution in [0.1, 0.15) is 45.7 Å². The minimum Gasteiger partial charge on any atom is -0.409 e. The summed E-state index contributed by atoms with van der Waals surface area (Å²) in [4.78, 5) is 39.1. The summed E-state index contributed by atoms with van der Waals surface area (Å²) in [7, 11) is 0. The van der Waals surface area contributed by atoms with Crippen LogP contribution in [0.15, 0.2) is 42.5 Å². The normalized spacial score (nSPS) is 12.4. The van der Waals surface area contributed by atoms with Gasteiger partial charge in [-0.25, -0.2) is 4.79 Å². The van der Waals surface area contributed by atoms with Crippen molar-refractivity contribution in [2.24, 2.45) is 0 Å². The van der Waals surface area contributed by atoms with Gasteiger partial charge in [-0.2, -0.15) is 0 Å². The minimum absolute atomic E-state index is 0.122. The zero-order chi connectivity index (χ0) is 17.3. The third kappa shape index (κ3) is 2.48. The van der Waals surface area contributed by atoms with Gasteiger partial charge in [0.25, 0.3) is 0 Å². The fourth-order valence-corrected chi connectivity index (χ4v) is 2.84. The Morgan fingerprint density at radius 2 is 1.46 bits per heavy atom. The number of nitrogens with zero attached hydrogens (tertiary/aromatic N) is 1. The van der Waals surface area contributed by atoms with Gasteiger partial charge in [0.05, 0.1) is 5.56 Å². The van der Waals surface area contributed by atoms with Crippen molar-refractivity contribution in [3.8, 4) is 5.75 Å². The van der Waals surface area contributed by atoms with Crippen molar-refractivity contribution >= 4 is 17.7 Å². The van der Waals surface area contributed by atoms with E-state index in [1.54, 1.807) is 42.5 Å². The Labute approximate surface area is 139 Å². The van der Waals surface area contributed by atoms with Crippen LogP contribution in [-0.4, -0.2) is 35.6 Å². The molecule has 1 aliphatic carbocycles. The number of hydrogen-bond donors (Lipinski definition) is 0. The van der Waals surface area contributed by atoms with Crippen molar-refractivity contribution in [3.63, 3.8) is 0 Å². The smallest absolute Gasteiger partial charge is 0.409 e. The fourth-order valence-electron chi connectivity index (χ4n) is 2.84. The predicted octanol–water partition coefficient (Wildman–Crippen LogP) is 3.30. The monoisotopic (exact) mass is 323 g/mol. The molecule has 0 heterocycles. The summed E-state index contributed by atoms with van der Waals surface area (Å²) in [5.41, 5.74) is 1.13. The summed E-state index contributed by atoms with van der Waals surface area (Å²) in [6.45, 7) is 4.69. The summed E-state index contributed by atoms with van der Waals surface area (Å²) in [5.74, 6) is -0.415. The quantitative estimate of drug-likeness (QED) is 0.742. The molecule has 1 amide bonds. The van der Waals surface area contributed by atoms with E-state index in [9.17, 15) is 14.4 Å². The third-order valence-electron chi connectivity index (χ3n) is 4.13. The van der Waals surface area contributed by atoms with Gasteiger partial charge >= 0.3 is 6.09 Å². The van der Waals surface area contributed by atoms with Gasteiger partial charge in [-0.3, -0.25) is 9.59 Å². The first-order valence-corrected chi connectivity index (χ1v) is 7.86. The highest BCUT2D eigenvalue weighted by Gasteiger charge is 2.32. The Balaban J connectivity index is 2.06. The van der Waals surface area contributed by atoms with E-state index in [-0.39, 0.29) is 28.4 Å². The van der Waals surface area contributed by atoms with Gasteiger partial charge in [0.1, 0.15) is 5.75 Å². The first-order valence-electron chi connectivity index (χ1n) is 7.86. The standard InChI is InChI=1S/C19H17NO4/c1-3-20(4-2)19(23)24-15-11-7-10-14-16(15)18(22)13-9-6-5-8-12(13)17(14)21/h5-11H,3-4H2,1-2H3. The van der Waals surface area contributed by atoms with E-state index in [1.807, 2.05) is 13.8 Å². The van der Waals surface area contributed by atoms with Crippen molar-refractivity contribution in [3.05, 3.63) is 64.7 Å². The molecule has 0 unspecified atom stereocenters. The lowest BCUT2D eigenvalue weighted by Gasteiger charge is -2.22. The average molecular weight is 323 g/mol. The number of rotatable bonds is 3. The van der Waals surface area contributed by atoms with Crippen molar-refractivity contribution in [1.82, 2.24) is 4.90 Å². The average Bonchev–Trinajstić information content (AvgIpc) is 2.60. The Kier molecular flexibility index (Phi) is 4.16. The van der Waals surface area contributed by atoms with E-state index in [0.717, 1.165) is 0 Å². The lowest BCUT2D eigenvalue weighted by molar-refractivity contribution is 0.0975. The van der Waals surface area contributed by atoms with Gasteiger partial charge in [0.2, 0.25) is 0 Å². The zero-order valence-electron chi connectivity index (χ0n) is 13.5. The summed E-state index contributed by atoms with van der Waals surface area (Å²) < 4.78 is 5.40. The Hall–Kier alpha value is -2.95. The van der Waals surface area contributed by atoms with Crippen LogP contribution in [0.5, 0.6) is 5.75 Å². The van der Waals surface area contributed by atoms with Crippen molar-refractivity contribution in [1.29, 1.82) is 0 Å². The molecule has 5 heteroatoms. The molecule has 2 aromatic carbocycles. The number of ketones is 2. The lowest BCUT2D eigenvalue weighted by atomic mass is 9.84. The maximum absolute atomic E-state index is 12.8.